The molecule has 0 amide bonds. The summed E-state index contributed by atoms with van der Waals surface area (Å²) in [5.74, 6) is 0.932. The second-order valence-corrected chi connectivity index (χ2v) is 8.74. The van der Waals surface area contributed by atoms with Gasteiger partial charge in [0.1, 0.15) is 5.75 Å². The first-order valence-electron chi connectivity index (χ1n) is 10.7. The van der Waals surface area contributed by atoms with Crippen molar-refractivity contribution in [1.29, 1.82) is 0 Å². The summed E-state index contributed by atoms with van der Waals surface area (Å²) in [4.78, 5) is 13.5. The Balaban J connectivity index is 1.39. The maximum absolute atomic E-state index is 11.1. The van der Waals surface area contributed by atoms with E-state index in [1.165, 1.54) is 35.6 Å². The Bertz CT molecular complexity index is 826. The highest BCUT2D eigenvalue weighted by Crippen LogP contribution is 2.29. The van der Waals surface area contributed by atoms with Gasteiger partial charge >= 0.3 is 5.97 Å². The number of carboxylic acid groups (broad SMARTS) is 1. The maximum Gasteiger partial charge on any atom is 0.306 e. The number of rotatable bonds is 5. The molecule has 4 nitrogen and oxygen atoms in total. The molecule has 1 aliphatic heterocycles. The zero-order valence-electron chi connectivity index (χ0n) is 16.8. The largest absolute Gasteiger partial charge is 0.490 e. The zero-order chi connectivity index (χ0) is 19.5. The van der Waals surface area contributed by atoms with Crippen molar-refractivity contribution >= 4 is 16.7 Å². The van der Waals surface area contributed by atoms with E-state index < -0.39 is 5.97 Å². The fraction of sp³-hybridized carbons (Fsp3) is 0.542. The summed E-state index contributed by atoms with van der Waals surface area (Å²) in [7, 11) is 0. The van der Waals surface area contributed by atoms with E-state index in [0.29, 0.717) is 6.10 Å². The van der Waals surface area contributed by atoms with Crippen LogP contribution in [0.1, 0.15) is 51.0 Å². The van der Waals surface area contributed by atoms with Gasteiger partial charge in [-0.1, -0.05) is 31.5 Å². The Labute approximate surface area is 167 Å². The van der Waals surface area contributed by atoms with Crippen LogP contribution in [0.4, 0.5) is 0 Å². The predicted molar refractivity (Wildman–Crippen MR) is 112 cm³/mol. The molecular formula is C24H31NO3. The highest BCUT2D eigenvalue weighted by atomic mass is 16.5. The normalized spacial score (nSPS) is 24.3. The van der Waals surface area contributed by atoms with Crippen LogP contribution in [0.15, 0.2) is 36.4 Å². The number of likely N-dealkylation sites (tertiary alicyclic amines) is 1. The fourth-order valence-electron chi connectivity index (χ4n) is 4.72. The standard InChI is InChI=1S/C24H31NO3/c1-17-3-2-4-22(13-17)28-23-8-7-20-14-18(5-6-21(20)15-23)16-25-11-9-19(10-12-25)24(26)27/h5-8,14-15,17,19,22H,2-4,9-13,16H2,1H3,(H,26,27). The number of carbonyl (C=O) groups is 1. The Morgan fingerprint density at radius 3 is 2.57 bits per heavy atom. The van der Waals surface area contributed by atoms with Crippen molar-refractivity contribution in [3.8, 4) is 5.75 Å². The summed E-state index contributed by atoms with van der Waals surface area (Å²) in [5, 5.41) is 11.6. The number of fused-ring (bicyclic) bond motifs is 1. The monoisotopic (exact) mass is 381 g/mol. The number of benzene rings is 2. The van der Waals surface area contributed by atoms with Crippen LogP contribution in [0, 0.1) is 11.8 Å². The fourth-order valence-corrected chi connectivity index (χ4v) is 4.72. The van der Waals surface area contributed by atoms with E-state index in [9.17, 15) is 4.79 Å². The second-order valence-electron chi connectivity index (χ2n) is 8.74. The molecule has 150 valence electrons. The van der Waals surface area contributed by atoms with Gasteiger partial charge in [0.15, 0.2) is 0 Å². The second kappa shape index (κ2) is 8.52. The van der Waals surface area contributed by atoms with Crippen molar-refractivity contribution in [2.24, 2.45) is 11.8 Å². The molecule has 1 saturated heterocycles. The van der Waals surface area contributed by atoms with Gasteiger partial charge in [-0.3, -0.25) is 9.69 Å². The first-order valence-corrected chi connectivity index (χ1v) is 10.7. The zero-order valence-corrected chi connectivity index (χ0v) is 16.8. The van der Waals surface area contributed by atoms with Gasteiger partial charge in [-0.25, -0.2) is 0 Å². The molecule has 1 heterocycles. The summed E-state index contributed by atoms with van der Waals surface area (Å²) >= 11 is 0. The van der Waals surface area contributed by atoms with Gasteiger partial charge in [0.25, 0.3) is 0 Å². The molecule has 2 fully saturated rings. The van der Waals surface area contributed by atoms with Crippen LogP contribution in [-0.2, 0) is 11.3 Å². The molecule has 2 aromatic carbocycles. The van der Waals surface area contributed by atoms with E-state index in [0.717, 1.165) is 50.6 Å². The predicted octanol–water partition coefficient (Wildman–Crippen LogP) is 5.09. The minimum absolute atomic E-state index is 0.168. The number of nitrogens with zero attached hydrogens (tertiary/aromatic N) is 1. The summed E-state index contributed by atoms with van der Waals surface area (Å²) in [6.07, 6.45) is 6.79. The van der Waals surface area contributed by atoms with Crippen molar-refractivity contribution in [3.05, 3.63) is 42.0 Å². The summed E-state index contributed by atoms with van der Waals surface area (Å²) in [5.41, 5.74) is 1.29. The Morgan fingerprint density at radius 2 is 1.82 bits per heavy atom. The quantitative estimate of drug-likeness (QED) is 0.783. The minimum atomic E-state index is -0.647. The molecule has 4 heteroatoms. The molecule has 1 saturated carbocycles. The lowest BCUT2D eigenvalue weighted by molar-refractivity contribution is -0.143. The molecule has 0 radical (unpaired) electrons. The van der Waals surface area contributed by atoms with Crippen LogP contribution in [0.5, 0.6) is 5.75 Å². The molecular weight excluding hydrogens is 350 g/mol. The third kappa shape index (κ3) is 4.67. The number of ether oxygens (including phenoxy) is 1. The Hall–Kier alpha value is -2.07. The molecule has 1 aliphatic carbocycles. The molecule has 4 rings (SSSR count). The highest BCUT2D eigenvalue weighted by molar-refractivity contribution is 5.84. The van der Waals surface area contributed by atoms with Crippen molar-refractivity contribution in [2.45, 2.75) is 58.1 Å². The number of carboxylic acids is 1. The number of piperidine rings is 1. The van der Waals surface area contributed by atoms with E-state index in [4.69, 9.17) is 9.84 Å². The van der Waals surface area contributed by atoms with Gasteiger partial charge in [0.05, 0.1) is 12.0 Å². The third-order valence-electron chi connectivity index (χ3n) is 6.41. The average molecular weight is 382 g/mol. The van der Waals surface area contributed by atoms with E-state index in [2.05, 4.69) is 48.2 Å². The Morgan fingerprint density at radius 1 is 1.07 bits per heavy atom. The van der Waals surface area contributed by atoms with Crippen molar-refractivity contribution in [1.82, 2.24) is 4.90 Å². The molecule has 2 unspecified atom stereocenters. The third-order valence-corrected chi connectivity index (χ3v) is 6.41. The molecule has 0 spiro atoms. The van der Waals surface area contributed by atoms with Gasteiger partial charge in [0, 0.05) is 6.54 Å². The van der Waals surface area contributed by atoms with Crippen LogP contribution in [0.2, 0.25) is 0 Å². The van der Waals surface area contributed by atoms with Crippen molar-refractivity contribution in [3.63, 3.8) is 0 Å². The number of aliphatic carboxylic acids is 1. The van der Waals surface area contributed by atoms with Crippen LogP contribution >= 0.6 is 0 Å². The van der Waals surface area contributed by atoms with Crippen LogP contribution in [0.25, 0.3) is 10.8 Å². The Kier molecular flexibility index (Phi) is 5.86. The SMILES string of the molecule is CC1CCCC(Oc2ccc3cc(CN4CCC(C(=O)O)CC4)ccc3c2)C1. The van der Waals surface area contributed by atoms with Crippen LogP contribution in [0.3, 0.4) is 0 Å². The number of hydrogen-bond donors (Lipinski definition) is 1. The first kappa shape index (κ1) is 19.3. The lowest BCUT2D eigenvalue weighted by Crippen LogP contribution is -2.35. The summed E-state index contributed by atoms with van der Waals surface area (Å²) < 4.78 is 6.26. The molecule has 0 bridgehead atoms. The topological polar surface area (TPSA) is 49.8 Å². The van der Waals surface area contributed by atoms with Crippen LogP contribution in [-0.4, -0.2) is 35.2 Å². The lowest BCUT2D eigenvalue weighted by Gasteiger charge is -2.30. The molecule has 28 heavy (non-hydrogen) atoms. The molecule has 2 aliphatic rings. The smallest absolute Gasteiger partial charge is 0.306 e. The summed E-state index contributed by atoms with van der Waals surface area (Å²) in [6, 6.07) is 13.1. The van der Waals surface area contributed by atoms with Gasteiger partial charge in [0.2, 0.25) is 0 Å². The van der Waals surface area contributed by atoms with Crippen LogP contribution < -0.4 is 4.74 Å². The van der Waals surface area contributed by atoms with E-state index in [-0.39, 0.29) is 5.92 Å². The van der Waals surface area contributed by atoms with E-state index >= 15 is 0 Å². The molecule has 2 atom stereocenters. The maximum atomic E-state index is 11.1. The van der Waals surface area contributed by atoms with Gasteiger partial charge < -0.3 is 9.84 Å². The number of hydrogen-bond acceptors (Lipinski definition) is 3. The van der Waals surface area contributed by atoms with Gasteiger partial charge in [-0.2, -0.15) is 0 Å². The molecule has 0 aromatic heterocycles. The highest BCUT2D eigenvalue weighted by Gasteiger charge is 2.24. The van der Waals surface area contributed by atoms with E-state index in [1.54, 1.807) is 0 Å². The van der Waals surface area contributed by atoms with Crippen molar-refractivity contribution in [2.75, 3.05) is 13.1 Å². The van der Waals surface area contributed by atoms with Crippen molar-refractivity contribution < 1.29 is 14.6 Å². The summed E-state index contributed by atoms with van der Waals surface area (Å²) in [6.45, 7) is 4.94. The molecule has 1 N–H and O–H groups in total. The molecule has 2 aromatic rings. The van der Waals surface area contributed by atoms with Gasteiger partial charge in [-0.15, -0.1) is 0 Å². The minimum Gasteiger partial charge on any atom is -0.490 e. The first-order chi connectivity index (χ1) is 13.6. The van der Waals surface area contributed by atoms with Gasteiger partial charge in [-0.05, 0) is 85.6 Å². The van der Waals surface area contributed by atoms with E-state index in [1.807, 2.05) is 0 Å². The lowest BCUT2D eigenvalue weighted by atomic mass is 9.89. The average Bonchev–Trinajstić information content (AvgIpc) is 2.68.